The Morgan fingerprint density at radius 3 is 2.26 bits per heavy atom. The van der Waals surface area contributed by atoms with Crippen molar-refractivity contribution in [3.63, 3.8) is 0 Å². The van der Waals surface area contributed by atoms with E-state index in [-0.39, 0.29) is 24.1 Å². The van der Waals surface area contributed by atoms with Gasteiger partial charge in [0.25, 0.3) is 5.91 Å². The number of aromatic nitrogens is 1. The van der Waals surface area contributed by atoms with Crippen molar-refractivity contribution in [2.24, 2.45) is 0 Å². The smallest absolute Gasteiger partial charge is 0.292 e. The van der Waals surface area contributed by atoms with Crippen molar-refractivity contribution in [2.75, 3.05) is 18.9 Å². The van der Waals surface area contributed by atoms with Crippen molar-refractivity contribution in [2.45, 2.75) is 27.7 Å². The number of aryl methyl sites for hydroxylation is 4. The third kappa shape index (κ3) is 3.97. The van der Waals surface area contributed by atoms with Gasteiger partial charge in [0.05, 0.1) is 12.2 Å². The highest BCUT2D eigenvalue weighted by Crippen LogP contribution is 2.21. The van der Waals surface area contributed by atoms with Gasteiger partial charge in [0.15, 0.2) is 0 Å². The lowest BCUT2D eigenvalue weighted by Gasteiger charge is -2.17. The molecule has 0 spiro atoms. The van der Waals surface area contributed by atoms with Crippen LogP contribution < -0.4 is 5.32 Å². The number of nitrogens with one attached hydrogen (secondary N) is 1. The molecule has 122 valence electrons. The Balaban J connectivity index is 2.03. The van der Waals surface area contributed by atoms with Gasteiger partial charge >= 0.3 is 0 Å². The number of rotatable bonds is 4. The maximum absolute atomic E-state index is 12.2. The van der Waals surface area contributed by atoms with Crippen LogP contribution in [0.15, 0.2) is 22.7 Å². The molecule has 1 N–H and O–H groups in total. The molecular formula is C17H21N3O3. The number of hydrogen-bond donors (Lipinski definition) is 1. The number of carbonyl (C=O) groups excluding carboxylic acids is 2. The molecule has 0 unspecified atom stereocenters. The summed E-state index contributed by atoms with van der Waals surface area (Å²) in [4.78, 5) is 25.6. The molecule has 1 heterocycles. The zero-order valence-electron chi connectivity index (χ0n) is 14.1. The van der Waals surface area contributed by atoms with E-state index >= 15 is 0 Å². The van der Waals surface area contributed by atoms with Gasteiger partial charge in [-0.05, 0) is 38.8 Å². The Labute approximate surface area is 135 Å². The minimum Gasteiger partial charge on any atom is -0.351 e. The summed E-state index contributed by atoms with van der Waals surface area (Å²) in [7, 11) is 1.55. The zero-order chi connectivity index (χ0) is 17.1. The zero-order valence-corrected chi connectivity index (χ0v) is 14.1. The van der Waals surface area contributed by atoms with Crippen molar-refractivity contribution in [3.05, 3.63) is 46.3 Å². The van der Waals surface area contributed by atoms with Crippen LogP contribution in [0, 0.1) is 27.7 Å². The first-order chi connectivity index (χ1) is 10.8. The van der Waals surface area contributed by atoms with Crippen molar-refractivity contribution in [1.29, 1.82) is 0 Å². The van der Waals surface area contributed by atoms with Crippen LogP contribution in [0.4, 0.5) is 5.69 Å². The van der Waals surface area contributed by atoms with Gasteiger partial charge in [-0.1, -0.05) is 22.9 Å². The van der Waals surface area contributed by atoms with Gasteiger partial charge in [-0.3, -0.25) is 9.59 Å². The van der Waals surface area contributed by atoms with Crippen LogP contribution in [-0.4, -0.2) is 35.5 Å². The van der Waals surface area contributed by atoms with Crippen LogP contribution in [-0.2, 0) is 4.79 Å². The van der Waals surface area contributed by atoms with E-state index in [1.54, 1.807) is 20.0 Å². The van der Waals surface area contributed by atoms with Crippen molar-refractivity contribution in [1.82, 2.24) is 10.1 Å². The molecule has 0 aliphatic carbocycles. The minimum atomic E-state index is -0.377. The Morgan fingerprint density at radius 2 is 1.74 bits per heavy atom. The molecular weight excluding hydrogens is 294 g/mol. The number of carbonyl (C=O) groups is 2. The second kappa shape index (κ2) is 6.64. The van der Waals surface area contributed by atoms with Gasteiger partial charge in [0, 0.05) is 18.8 Å². The van der Waals surface area contributed by atoms with Crippen molar-refractivity contribution < 1.29 is 14.1 Å². The second-order valence-electron chi connectivity index (χ2n) is 5.82. The summed E-state index contributed by atoms with van der Waals surface area (Å²) in [5.74, 6) is -0.509. The summed E-state index contributed by atoms with van der Waals surface area (Å²) in [5.41, 5.74) is 4.55. The van der Waals surface area contributed by atoms with Crippen LogP contribution in [0.25, 0.3) is 0 Å². The molecule has 1 aromatic heterocycles. The first kappa shape index (κ1) is 16.7. The van der Waals surface area contributed by atoms with E-state index in [1.807, 2.05) is 32.9 Å². The highest BCUT2D eigenvalue weighted by atomic mass is 16.5. The molecule has 2 rings (SSSR count). The van der Waals surface area contributed by atoms with E-state index in [2.05, 4.69) is 10.5 Å². The summed E-state index contributed by atoms with van der Waals surface area (Å²) in [6, 6.07) is 5.56. The maximum atomic E-state index is 12.2. The largest absolute Gasteiger partial charge is 0.351 e. The maximum Gasteiger partial charge on any atom is 0.292 e. The van der Waals surface area contributed by atoms with E-state index < -0.39 is 0 Å². The number of likely N-dealkylation sites (N-methyl/N-ethyl adjacent to an activating group) is 1. The third-order valence-corrected chi connectivity index (χ3v) is 3.51. The predicted molar refractivity (Wildman–Crippen MR) is 87.5 cm³/mol. The molecule has 6 nitrogen and oxygen atoms in total. The SMILES string of the molecule is Cc1cc(C)c(NC(=O)CN(C)C(=O)c2cc(C)no2)c(C)c1. The Kier molecular flexibility index (Phi) is 4.83. The fourth-order valence-corrected chi connectivity index (χ4v) is 2.50. The molecule has 0 radical (unpaired) electrons. The Morgan fingerprint density at radius 1 is 1.13 bits per heavy atom. The van der Waals surface area contributed by atoms with Gasteiger partial charge in [-0.2, -0.15) is 0 Å². The number of nitrogens with zero attached hydrogens (tertiary/aromatic N) is 2. The standard InChI is InChI=1S/C17H21N3O3/c1-10-6-11(2)16(12(3)7-10)18-15(21)9-20(5)17(22)14-8-13(4)19-23-14/h6-8H,9H2,1-5H3,(H,18,21). The number of anilines is 1. The van der Waals surface area contributed by atoms with E-state index in [0.29, 0.717) is 5.69 Å². The highest BCUT2D eigenvalue weighted by molar-refractivity contribution is 5.98. The third-order valence-electron chi connectivity index (χ3n) is 3.51. The fourth-order valence-electron chi connectivity index (χ4n) is 2.50. The van der Waals surface area contributed by atoms with Crippen LogP contribution in [0.1, 0.15) is 32.9 Å². The molecule has 0 aliphatic heterocycles. The lowest BCUT2D eigenvalue weighted by molar-refractivity contribution is -0.116. The summed E-state index contributed by atoms with van der Waals surface area (Å²) < 4.78 is 4.93. The molecule has 2 amide bonds. The summed E-state index contributed by atoms with van der Waals surface area (Å²) >= 11 is 0. The lowest BCUT2D eigenvalue weighted by Crippen LogP contribution is -2.35. The van der Waals surface area contributed by atoms with E-state index in [4.69, 9.17) is 4.52 Å². The lowest BCUT2D eigenvalue weighted by atomic mass is 10.1. The van der Waals surface area contributed by atoms with Crippen LogP contribution in [0.3, 0.4) is 0 Å². The molecule has 0 bridgehead atoms. The molecule has 6 heteroatoms. The average molecular weight is 315 g/mol. The van der Waals surface area contributed by atoms with E-state index in [0.717, 1.165) is 22.4 Å². The van der Waals surface area contributed by atoms with Crippen LogP contribution >= 0.6 is 0 Å². The highest BCUT2D eigenvalue weighted by Gasteiger charge is 2.19. The van der Waals surface area contributed by atoms with Gasteiger partial charge in [0.1, 0.15) is 0 Å². The van der Waals surface area contributed by atoms with Gasteiger partial charge in [-0.15, -0.1) is 0 Å². The molecule has 0 aliphatic rings. The molecule has 0 saturated heterocycles. The Bertz CT molecular complexity index is 726. The predicted octanol–water partition coefficient (Wildman–Crippen LogP) is 2.62. The van der Waals surface area contributed by atoms with Gasteiger partial charge in [-0.25, -0.2) is 0 Å². The topological polar surface area (TPSA) is 75.4 Å². The van der Waals surface area contributed by atoms with Crippen molar-refractivity contribution >= 4 is 17.5 Å². The molecule has 0 saturated carbocycles. The number of amides is 2. The fraction of sp³-hybridized carbons (Fsp3) is 0.353. The molecule has 0 atom stereocenters. The first-order valence-corrected chi connectivity index (χ1v) is 7.34. The molecule has 1 aromatic carbocycles. The number of benzene rings is 1. The minimum absolute atomic E-state index is 0.0641. The average Bonchev–Trinajstić information content (AvgIpc) is 2.88. The first-order valence-electron chi connectivity index (χ1n) is 7.34. The molecule has 2 aromatic rings. The van der Waals surface area contributed by atoms with E-state index in [9.17, 15) is 9.59 Å². The summed E-state index contributed by atoms with van der Waals surface area (Å²) in [5, 5.41) is 6.54. The second-order valence-corrected chi connectivity index (χ2v) is 5.82. The normalized spacial score (nSPS) is 10.5. The Hall–Kier alpha value is -2.63. The quantitative estimate of drug-likeness (QED) is 0.941. The van der Waals surface area contributed by atoms with Gasteiger partial charge in [0.2, 0.25) is 11.7 Å². The molecule has 23 heavy (non-hydrogen) atoms. The molecule has 0 fully saturated rings. The van der Waals surface area contributed by atoms with E-state index in [1.165, 1.54) is 4.90 Å². The van der Waals surface area contributed by atoms with Crippen LogP contribution in [0.2, 0.25) is 0 Å². The monoisotopic (exact) mass is 315 g/mol. The summed E-state index contributed by atoms with van der Waals surface area (Å²) in [6.07, 6.45) is 0. The van der Waals surface area contributed by atoms with Gasteiger partial charge < -0.3 is 14.7 Å². The van der Waals surface area contributed by atoms with Crippen LogP contribution in [0.5, 0.6) is 0 Å². The summed E-state index contributed by atoms with van der Waals surface area (Å²) in [6.45, 7) is 7.57. The van der Waals surface area contributed by atoms with Crippen molar-refractivity contribution in [3.8, 4) is 0 Å². The number of hydrogen-bond acceptors (Lipinski definition) is 4.